The molecule has 17 heavy (non-hydrogen) atoms. The van der Waals surface area contributed by atoms with Crippen molar-refractivity contribution in [2.24, 2.45) is 0 Å². The van der Waals surface area contributed by atoms with Gasteiger partial charge in [0.2, 0.25) is 0 Å². The Hall–Kier alpha value is -2.36. The Bertz CT molecular complexity index is 538. The number of esters is 1. The number of nitrogens with zero attached hydrogens (tertiary/aromatic N) is 1. The lowest BCUT2D eigenvalue weighted by molar-refractivity contribution is 0.0601. The van der Waals surface area contributed by atoms with Crippen molar-refractivity contribution in [1.29, 1.82) is 0 Å². The quantitative estimate of drug-likeness (QED) is 0.631. The van der Waals surface area contributed by atoms with E-state index >= 15 is 0 Å². The molecule has 0 bridgehead atoms. The SMILES string of the molecule is COC(=O)c1ccc(N)cc1-c1cccnc1. The maximum Gasteiger partial charge on any atom is 0.338 e. The summed E-state index contributed by atoms with van der Waals surface area (Å²) in [6, 6.07) is 8.74. The summed E-state index contributed by atoms with van der Waals surface area (Å²) in [6.45, 7) is 0. The van der Waals surface area contributed by atoms with Gasteiger partial charge in [-0.1, -0.05) is 6.07 Å². The van der Waals surface area contributed by atoms with E-state index in [1.807, 2.05) is 6.07 Å². The number of rotatable bonds is 2. The van der Waals surface area contributed by atoms with Gasteiger partial charge < -0.3 is 10.5 Å². The summed E-state index contributed by atoms with van der Waals surface area (Å²) >= 11 is 0. The minimum Gasteiger partial charge on any atom is -0.465 e. The lowest BCUT2D eigenvalue weighted by atomic mass is 10.0. The molecule has 0 saturated heterocycles. The van der Waals surface area contributed by atoms with Crippen molar-refractivity contribution in [2.75, 3.05) is 12.8 Å². The number of anilines is 1. The van der Waals surface area contributed by atoms with E-state index in [2.05, 4.69) is 4.98 Å². The van der Waals surface area contributed by atoms with Gasteiger partial charge in [0.1, 0.15) is 0 Å². The van der Waals surface area contributed by atoms with Crippen LogP contribution < -0.4 is 5.73 Å². The molecule has 1 aromatic heterocycles. The van der Waals surface area contributed by atoms with Crippen LogP contribution in [0.4, 0.5) is 5.69 Å². The van der Waals surface area contributed by atoms with Gasteiger partial charge in [0, 0.05) is 23.6 Å². The van der Waals surface area contributed by atoms with Crippen molar-refractivity contribution >= 4 is 11.7 Å². The van der Waals surface area contributed by atoms with Gasteiger partial charge in [-0.3, -0.25) is 4.98 Å². The summed E-state index contributed by atoms with van der Waals surface area (Å²) in [4.78, 5) is 15.7. The average molecular weight is 228 g/mol. The van der Waals surface area contributed by atoms with E-state index in [0.717, 1.165) is 11.1 Å². The molecular formula is C13H12N2O2. The van der Waals surface area contributed by atoms with Crippen LogP contribution in [0.2, 0.25) is 0 Å². The largest absolute Gasteiger partial charge is 0.465 e. The highest BCUT2D eigenvalue weighted by Gasteiger charge is 2.13. The summed E-state index contributed by atoms with van der Waals surface area (Å²) < 4.78 is 4.74. The monoisotopic (exact) mass is 228 g/mol. The Morgan fingerprint density at radius 3 is 2.82 bits per heavy atom. The van der Waals surface area contributed by atoms with Crippen LogP contribution in [-0.4, -0.2) is 18.1 Å². The average Bonchev–Trinajstić information content (AvgIpc) is 2.39. The first kappa shape index (κ1) is 11.1. The predicted molar refractivity (Wildman–Crippen MR) is 65.4 cm³/mol. The number of nitrogens with two attached hydrogens (primary N) is 1. The Morgan fingerprint density at radius 2 is 2.18 bits per heavy atom. The van der Waals surface area contributed by atoms with Crippen LogP contribution in [0.5, 0.6) is 0 Å². The van der Waals surface area contributed by atoms with Crippen molar-refractivity contribution < 1.29 is 9.53 Å². The molecule has 0 spiro atoms. The number of ether oxygens (including phenoxy) is 1. The number of hydrogen-bond donors (Lipinski definition) is 1. The van der Waals surface area contributed by atoms with Gasteiger partial charge in [-0.15, -0.1) is 0 Å². The van der Waals surface area contributed by atoms with Gasteiger partial charge in [-0.2, -0.15) is 0 Å². The zero-order valence-corrected chi connectivity index (χ0v) is 9.38. The third-order valence-electron chi connectivity index (χ3n) is 2.42. The minimum absolute atomic E-state index is 0.385. The highest BCUT2D eigenvalue weighted by Crippen LogP contribution is 2.25. The summed E-state index contributed by atoms with van der Waals surface area (Å²) in [5, 5.41) is 0. The molecule has 0 saturated carbocycles. The number of aromatic nitrogens is 1. The second-order valence-electron chi connectivity index (χ2n) is 3.54. The lowest BCUT2D eigenvalue weighted by Gasteiger charge is -2.08. The van der Waals surface area contributed by atoms with E-state index in [1.54, 1.807) is 36.7 Å². The molecule has 2 N–H and O–H groups in total. The van der Waals surface area contributed by atoms with Gasteiger partial charge in [0.05, 0.1) is 12.7 Å². The van der Waals surface area contributed by atoms with Crippen LogP contribution in [0.1, 0.15) is 10.4 Å². The number of hydrogen-bond acceptors (Lipinski definition) is 4. The maximum atomic E-state index is 11.6. The van der Waals surface area contributed by atoms with Crippen molar-refractivity contribution in [3.63, 3.8) is 0 Å². The zero-order valence-electron chi connectivity index (χ0n) is 9.38. The smallest absolute Gasteiger partial charge is 0.338 e. The molecule has 4 heteroatoms. The highest BCUT2D eigenvalue weighted by molar-refractivity contribution is 5.97. The molecular weight excluding hydrogens is 216 g/mol. The fourth-order valence-electron chi connectivity index (χ4n) is 1.61. The molecule has 0 radical (unpaired) electrons. The molecule has 0 aliphatic heterocycles. The fraction of sp³-hybridized carbons (Fsp3) is 0.0769. The standard InChI is InChI=1S/C13H12N2O2/c1-17-13(16)11-5-4-10(14)7-12(11)9-3-2-6-15-8-9/h2-8H,14H2,1H3. The molecule has 4 nitrogen and oxygen atoms in total. The first-order valence-corrected chi connectivity index (χ1v) is 5.10. The second kappa shape index (κ2) is 4.65. The van der Waals surface area contributed by atoms with E-state index < -0.39 is 0 Å². The molecule has 0 atom stereocenters. The third kappa shape index (κ3) is 2.25. The molecule has 1 heterocycles. The molecule has 86 valence electrons. The summed E-state index contributed by atoms with van der Waals surface area (Å²) in [7, 11) is 1.35. The number of methoxy groups -OCH3 is 1. The molecule has 0 aliphatic carbocycles. The van der Waals surface area contributed by atoms with E-state index in [1.165, 1.54) is 7.11 Å². The first-order chi connectivity index (χ1) is 8.22. The van der Waals surface area contributed by atoms with Crippen molar-refractivity contribution in [1.82, 2.24) is 4.98 Å². The Balaban J connectivity index is 2.59. The summed E-state index contributed by atoms with van der Waals surface area (Å²) in [5.41, 5.74) is 8.37. The van der Waals surface area contributed by atoms with Crippen molar-refractivity contribution in [3.05, 3.63) is 48.3 Å². The Labute approximate surface area is 99.1 Å². The highest BCUT2D eigenvalue weighted by atomic mass is 16.5. The van der Waals surface area contributed by atoms with Crippen LogP contribution in [0, 0.1) is 0 Å². The van der Waals surface area contributed by atoms with Crippen molar-refractivity contribution in [3.8, 4) is 11.1 Å². The topological polar surface area (TPSA) is 65.2 Å². The molecule has 2 rings (SSSR count). The predicted octanol–water partition coefficient (Wildman–Crippen LogP) is 2.12. The van der Waals surface area contributed by atoms with Crippen LogP contribution >= 0.6 is 0 Å². The van der Waals surface area contributed by atoms with Crippen LogP contribution in [-0.2, 0) is 4.74 Å². The van der Waals surface area contributed by atoms with E-state index in [9.17, 15) is 4.79 Å². The lowest BCUT2D eigenvalue weighted by Crippen LogP contribution is -2.04. The summed E-state index contributed by atoms with van der Waals surface area (Å²) in [5.74, 6) is -0.385. The van der Waals surface area contributed by atoms with Crippen molar-refractivity contribution in [2.45, 2.75) is 0 Å². The molecule has 0 fully saturated rings. The van der Waals surface area contributed by atoms with Gasteiger partial charge in [0.15, 0.2) is 0 Å². The number of pyridine rings is 1. The molecule has 2 aromatic rings. The van der Waals surface area contributed by atoms with Crippen LogP contribution in [0.25, 0.3) is 11.1 Å². The number of nitrogen functional groups attached to an aromatic ring is 1. The Morgan fingerprint density at radius 1 is 1.35 bits per heavy atom. The normalized spacial score (nSPS) is 9.94. The summed E-state index contributed by atoms with van der Waals surface area (Å²) in [6.07, 6.45) is 3.36. The van der Waals surface area contributed by atoms with Crippen LogP contribution in [0.15, 0.2) is 42.7 Å². The molecule has 1 aromatic carbocycles. The fourth-order valence-corrected chi connectivity index (χ4v) is 1.61. The van der Waals surface area contributed by atoms with E-state index in [-0.39, 0.29) is 5.97 Å². The number of carbonyl (C=O) groups is 1. The Kier molecular flexibility index (Phi) is 3.05. The van der Waals surface area contributed by atoms with Gasteiger partial charge in [-0.05, 0) is 29.8 Å². The molecule has 0 amide bonds. The van der Waals surface area contributed by atoms with Gasteiger partial charge in [-0.25, -0.2) is 4.79 Å². The second-order valence-corrected chi connectivity index (χ2v) is 3.54. The molecule has 0 unspecified atom stereocenters. The zero-order chi connectivity index (χ0) is 12.3. The van der Waals surface area contributed by atoms with Crippen LogP contribution in [0.3, 0.4) is 0 Å². The third-order valence-corrected chi connectivity index (χ3v) is 2.42. The number of carbonyl (C=O) groups excluding carboxylic acids is 1. The van der Waals surface area contributed by atoms with E-state index in [0.29, 0.717) is 11.3 Å². The number of benzene rings is 1. The maximum absolute atomic E-state index is 11.6. The minimum atomic E-state index is -0.385. The molecule has 0 aliphatic rings. The van der Waals surface area contributed by atoms with Gasteiger partial charge >= 0.3 is 5.97 Å². The van der Waals surface area contributed by atoms with E-state index in [4.69, 9.17) is 10.5 Å². The van der Waals surface area contributed by atoms with Gasteiger partial charge in [0.25, 0.3) is 0 Å². The first-order valence-electron chi connectivity index (χ1n) is 5.10.